The summed E-state index contributed by atoms with van der Waals surface area (Å²) in [6, 6.07) is 1.74. The summed E-state index contributed by atoms with van der Waals surface area (Å²) in [5.41, 5.74) is 0.402. The molecule has 1 atom stereocenters. The topological polar surface area (TPSA) is 89.4 Å². The average molecular weight is 411 g/mol. The van der Waals surface area contributed by atoms with Crippen LogP contribution in [0.4, 0.5) is 5.00 Å². The maximum Gasteiger partial charge on any atom is 0.341 e. The Labute approximate surface area is 168 Å². The van der Waals surface area contributed by atoms with Crippen molar-refractivity contribution in [3.8, 4) is 0 Å². The summed E-state index contributed by atoms with van der Waals surface area (Å²) in [4.78, 5) is 40.8. The lowest BCUT2D eigenvalue weighted by atomic mass is 10.2. The molecular weight excluding hydrogens is 382 g/mol. The lowest BCUT2D eigenvalue weighted by Crippen LogP contribution is -3.15. The van der Waals surface area contributed by atoms with Crippen LogP contribution in [0.5, 0.6) is 0 Å². The SMILES string of the molecule is CCOC(=O)c1cc(C)sc1NC(=O)C[NH+]1CCN(C(=O)[C@H]2CCCO2)CC1. The quantitative estimate of drug-likeness (QED) is 0.649. The minimum Gasteiger partial charge on any atom is -0.462 e. The summed E-state index contributed by atoms with van der Waals surface area (Å²) in [5.74, 6) is -0.480. The van der Waals surface area contributed by atoms with Crippen LogP contribution in [0.25, 0.3) is 0 Å². The molecule has 0 bridgehead atoms. The summed E-state index contributed by atoms with van der Waals surface area (Å²) < 4.78 is 10.5. The Balaban J connectivity index is 1.49. The molecule has 3 rings (SSSR count). The summed E-state index contributed by atoms with van der Waals surface area (Å²) in [5, 5.41) is 3.39. The number of nitrogens with one attached hydrogen (secondary N) is 2. The van der Waals surface area contributed by atoms with Crippen LogP contribution in [-0.4, -0.2) is 74.7 Å². The van der Waals surface area contributed by atoms with Gasteiger partial charge < -0.3 is 24.6 Å². The van der Waals surface area contributed by atoms with Crippen LogP contribution in [0.15, 0.2) is 6.07 Å². The fourth-order valence-electron chi connectivity index (χ4n) is 3.56. The van der Waals surface area contributed by atoms with E-state index in [4.69, 9.17) is 9.47 Å². The molecular formula is C19H28N3O5S+. The molecule has 0 spiro atoms. The van der Waals surface area contributed by atoms with Crippen LogP contribution >= 0.6 is 11.3 Å². The highest BCUT2D eigenvalue weighted by molar-refractivity contribution is 7.16. The van der Waals surface area contributed by atoms with Gasteiger partial charge in [0, 0.05) is 11.5 Å². The van der Waals surface area contributed by atoms with Gasteiger partial charge in [0.2, 0.25) is 0 Å². The number of hydrogen-bond acceptors (Lipinski definition) is 6. The Bertz CT molecular complexity index is 721. The molecule has 8 nitrogen and oxygen atoms in total. The van der Waals surface area contributed by atoms with Crippen molar-refractivity contribution in [3.05, 3.63) is 16.5 Å². The van der Waals surface area contributed by atoms with Crippen LogP contribution in [0.3, 0.4) is 0 Å². The number of rotatable bonds is 6. The third-order valence-corrected chi connectivity index (χ3v) is 5.97. The van der Waals surface area contributed by atoms with E-state index < -0.39 is 5.97 Å². The molecule has 2 aliphatic heterocycles. The number of piperazine rings is 1. The summed E-state index contributed by atoms with van der Waals surface area (Å²) in [6.45, 7) is 7.61. The zero-order chi connectivity index (χ0) is 20.1. The van der Waals surface area contributed by atoms with Crippen LogP contribution in [0.2, 0.25) is 0 Å². The standard InChI is InChI=1S/C19H27N3O5S/c1-3-26-19(25)14-11-13(2)28-17(14)20-16(23)12-21-6-8-22(9-7-21)18(24)15-5-4-10-27-15/h11,15H,3-10,12H2,1-2H3,(H,20,23)/p+1/t15-/m1/s1. The Morgan fingerprint density at radius 1 is 1.36 bits per heavy atom. The van der Waals surface area contributed by atoms with Crippen molar-refractivity contribution in [2.24, 2.45) is 0 Å². The largest absolute Gasteiger partial charge is 0.462 e. The lowest BCUT2D eigenvalue weighted by molar-refractivity contribution is -0.895. The number of anilines is 1. The van der Waals surface area contributed by atoms with Crippen molar-refractivity contribution in [3.63, 3.8) is 0 Å². The lowest BCUT2D eigenvalue weighted by Gasteiger charge is -2.33. The van der Waals surface area contributed by atoms with Gasteiger partial charge in [0.1, 0.15) is 11.1 Å². The van der Waals surface area contributed by atoms with Crippen LogP contribution < -0.4 is 10.2 Å². The number of carbonyl (C=O) groups is 3. The monoisotopic (exact) mass is 410 g/mol. The van der Waals surface area contributed by atoms with Crippen molar-refractivity contribution in [1.29, 1.82) is 0 Å². The highest BCUT2D eigenvalue weighted by Crippen LogP contribution is 2.28. The van der Waals surface area contributed by atoms with Crippen LogP contribution in [0, 0.1) is 6.92 Å². The van der Waals surface area contributed by atoms with Crippen LogP contribution in [-0.2, 0) is 19.1 Å². The molecule has 3 heterocycles. The van der Waals surface area contributed by atoms with Crippen molar-refractivity contribution < 1.29 is 28.8 Å². The highest BCUT2D eigenvalue weighted by atomic mass is 32.1. The van der Waals surface area contributed by atoms with E-state index >= 15 is 0 Å². The average Bonchev–Trinajstić information content (AvgIpc) is 3.32. The maximum absolute atomic E-state index is 12.5. The number of hydrogen-bond donors (Lipinski definition) is 2. The first kappa shape index (κ1) is 20.8. The molecule has 154 valence electrons. The Morgan fingerprint density at radius 3 is 2.75 bits per heavy atom. The second kappa shape index (κ2) is 9.49. The van der Waals surface area contributed by atoms with Crippen LogP contribution in [0.1, 0.15) is 35.0 Å². The maximum atomic E-state index is 12.5. The van der Waals surface area contributed by atoms with E-state index in [9.17, 15) is 14.4 Å². The van der Waals surface area contributed by atoms with Gasteiger partial charge in [0.15, 0.2) is 6.54 Å². The molecule has 2 amide bonds. The molecule has 0 radical (unpaired) electrons. The Morgan fingerprint density at radius 2 is 2.11 bits per heavy atom. The van der Waals surface area contributed by atoms with Gasteiger partial charge in [0.25, 0.3) is 11.8 Å². The van der Waals surface area contributed by atoms with E-state index in [1.54, 1.807) is 13.0 Å². The van der Waals surface area contributed by atoms with Gasteiger partial charge in [0.05, 0.1) is 38.3 Å². The van der Waals surface area contributed by atoms with E-state index in [0.29, 0.717) is 43.4 Å². The molecule has 1 aromatic rings. The van der Waals surface area contributed by atoms with Gasteiger partial charge in [-0.15, -0.1) is 11.3 Å². The molecule has 2 N–H and O–H groups in total. The third-order valence-electron chi connectivity index (χ3n) is 5.00. The molecule has 2 saturated heterocycles. The first-order valence-corrected chi connectivity index (χ1v) is 10.6. The molecule has 9 heteroatoms. The van der Waals surface area contributed by atoms with Crippen molar-refractivity contribution in [1.82, 2.24) is 4.90 Å². The van der Waals surface area contributed by atoms with Crippen molar-refractivity contribution >= 4 is 34.1 Å². The van der Waals surface area contributed by atoms with Gasteiger partial charge >= 0.3 is 5.97 Å². The molecule has 1 aromatic heterocycles. The second-order valence-electron chi connectivity index (χ2n) is 7.12. The van der Waals surface area contributed by atoms with Gasteiger partial charge in [-0.1, -0.05) is 0 Å². The molecule has 0 unspecified atom stereocenters. The number of carbonyl (C=O) groups excluding carboxylic acids is 3. The number of aryl methyl sites for hydroxylation is 1. The highest BCUT2D eigenvalue weighted by Gasteiger charge is 2.32. The summed E-state index contributed by atoms with van der Waals surface area (Å²) in [6.07, 6.45) is 1.46. The number of amides is 2. The molecule has 28 heavy (non-hydrogen) atoms. The van der Waals surface area contributed by atoms with Gasteiger partial charge in [-0.05, 0) is 32.8 Å². The Kier molecular flexibility index (Phi) is 7.03. The minimum absolute atomic E-state index is 0.0779. The first-order chi connectivity index (χ1) is 13.5. The molecule has 0 aliphatic carbocycles. The van der Waals surface area contributed by atoms with Gasteiger partial charge in [-0.25, -0.2) is 4.79 Å². The van der Waals surface area contributed by atoms with Crippen molar-refractivity contribution in [2.45, 2.75) is 32.8 Å². The fraction of sp³-hybridized carbons (Fsp3) is 0.632. The van der Waals surface area contributed by atoms with Gasteiger partial charge in [-0.3, -0.25) is 9.59 Å². The second-order valence-corrected chi connectivity index (χ2v) is 8.38. The smallest absolute Gasteiger partial charge is 0.341 e. The van der Waals surface area contributed by atoms with E-state index in [-0.39, 0.29) is 17.9 Å². The van der Waals surface area contributed by atoms with E-state index in [1.807, 2.05) is 11.8 Å². The first-order valence-electron chi connectivity index (χ1n) is 9.79. The van der Waals surface area contributed by atoms with Crippen molar-refractivity contribution in [2.75, 3.05) is 51.3 Å². The number of thiophene rings is 1. The zero-order valence-electron chi connectivity index (χ0n) is 16.4. The van der Waals surface area contributed by atoms with E-state index in [2.05, 4.69) is 5.32 Å². The minimum atomic E-state index is -0.421. The number of nitrogens with zero attached hydrogens (tertiary/aromatic N) is 1. The predicted molar refractivity (Wildman–Crippen MR) is 105 cm³/mol. The fourth-order valence-corrected chi connectivity index (χ4v) is 4.48. The van der Waals surface area contributed by atoms with E-state index in [0.717, 1.165) is 35.7 Å². The predicted octanol–water partition coefficient (Wildman–Crippen LogP) is 0.0778. The van der Waals surface area contributed by atoms with Gasteiger partial charge in [-0.2, -0.15) is 0 Å². The number of esters is 1. The number of ether oxygens (including phenoxy) is 2. The molecule has 2 aliphatic rings. The Hall–Kier alpha value is -1.97. The molecule has 0 saturated carbocycles. The zero-order valence-corrected chi connectivity index (χ0v) is 17.2. The summed E-state index contributed by atoms with van der Waals surface area (Å²) >= 11 is 1.37. The molecule has 2 fully saturated rings. The third kappa shape index (κ3) is 5.09. The normalized spacial score (nSPS) is 20.2. The number of quaternary nitrogens is 1. The summed E-state index contributed by atoms with van der Waals surface area (Å²) in [7, 11) is 0. The molecule has 0 aromatic carbocycles. The van der Waals surface area contributed by atoms with E-state index in [1.165, 1.54) is 11.3 Å².